The number of rotatable bonds is 11. The lowest BCUT2D eigenvalue weighted by molar-refractivity contribution is 0.0757. The van der Waals surface area contributed by atoms with E-state index in [2.05, 4.69) is 0 Å². The minimum absolute atomic E-state index is 0.443. The average molecular weight is 358 g/mol. The minimum Gasteiger partial charge on any atom is -0.497 e. The van der Waals surface area contributed by atoms with Crippen LogP contribution in [0.4, 0.5) is 0 Å². The summed E-state index contributed by atoms with van der Waals surface area (Å²) < 4.78 is 27.4. The molecule has 2 aromatic rings. The zero-order valence-corrected chi connectivity index (χ0v) is 15.6. The van der Waals surface area contributed by atoms with Crippen LogP contribution in [-0.4, -0.2) is 40.6 Å². The zero-order valence-electron chi connectivity index (χ0n) is 15.6. The summed E-state index contributed by atoms with van der Waals surface area (Å²) in [7, 11) is 3.26. The molecule has 0 aliphatic heterocycles. The Labute approximate surface area is 155 Å². The standard InChI is InChI=1S/C21H26O5/c1-4-6-17-9-10-20(21(15-17)23-3)26-14-12-24-11-13-25-19-8-5-7-18(16-19)22-2/h4-10,15-16H,11-14H2,1-3H3/b6-4+. The summed E-state index contributed by atoms with van der Waals surface area (Å²) in [5.74, 6) is 2.94. The second-order valence-electron chi connectivity index (χ2n) is 5.40. The first kappa shape index (κ1) is 19.7. The zero-order chi connectivity index (χ0) is 18.6. The molecule has 0 amide bonds. The van der Waals surface area contributed by atoms with Crippen LogP contribution in [-0.2, 0) is 4.74 Å². The number of allylic oxidation sites excluding steroid dienone is 1. The van der Waals surface area contributed by atoms with Gasteiger partial charge in [0.2, 0.25) is 0 Å². The van der Waals surface area contributed by atoms with Crippen LogP contribution in [0.25, 0.3) is 6.08 Å². The SMILES string of the molecule is C/C=C/c1ccc(OCCOCCOc2cccc(OC)c2)c(OC)c1. The van der Waals surface area contributed by atoms with E-state index >= 15 is 0 Å². The highest BCUT2D eigenvalue weighted by Gasteiger charge is 2.04. The molecule has 5 nitrogen and oxygen atoms in total. The molecular formula is C21H26O5. The fourth-order valence-electron chi connectivity index (χ4n) is 2.32. The lowest BCUT2D eigenvalue weighted by Gasteiger charge is -2.12. The Morgan fingerprint density at radius 3 is 2.27 bits per heavy atom. The van der Waals surface area contributed by atoms with E-state index in [-0.39, 0.29) is 0 Å². The summed E-state index contributed by atoms with van der Waals surface area (Å²) in [6, 6.07) is 13.3. The van der Waals surface area contributed by atoms with Gasteiger partial charge in [-0.05, 0) is 36.8 Å². The lowest BCUT2D eigenvalue weighted by Crippen LogP contribution is -2.12. The fourth-order valence-corrected chi connectivity index (χ4v) is 2.32. The highest BCUT2D eigenvalue weighted by Crippen LogP contribution is 2.28. The van der Waals surface area contributed by atoms with Crippen molar-refractivity contribution in [2.24, 2.45) is 0 Å². The molecule has 0 fully saturated rings. The van der Waals surface area contributed by atoms with Gasteiger partial charge in [0, 0.05) is 6.07 Å². The summed E-state index contributed by atoms with van der Waals surface area (Å²) in [6.45, 7) is 3.85. The Morgan fingerprint density at radius 1 is 0.769 bits per heavy atom. The monoisotopic (exact) mass is 358 g/mol. The van der Waals surface area contributed by atoms with Gasteiger partial charge < -0.3 is 23.7 Å². The Balaban J connectivity index is 1.66. The van der Waals surface area contributed by atoms with Crippen molar-refractivity contribution in [3.05, 3.63) is 54.1 Å². The predicted octanol–water partition coefficient (Wildman–Crippen LogP) is 4.21. The van der Waals surface area contributed by atoms with Crippen molar-refractivity contribution in [1.29, 1.82) is 0 Å². The summed E-state index contributed by atoms with van der Waals surface area (Å²) in [5, 5.41) is 0. The molecule has 0 aliphatic rings. The van der Waals surface area contributed by atoms with Crippen molar-refractivity contribution in [2.45, 2.75) is 6.92 Å². The molecule has 0 saturated heterocycles. The van der Waals surface area contributed by atoms with Gasteiger partial charge in [0.05, 0.1) is 27.4 Å². The molecule has 5 heteroatoms. The Kier molecular flexibility index (Phi) is 8.36. The van der Waals surface area contributed by atoms with Crippen LogP contribution < -0.4 is 18.9 Å². The molecule has 26 heavy (non-hydrogen) atoms. The van der Waals surface area contributed by atoms with Gasteiger partial charge in [-0.15, -0.1) is 0 Å². The summed E-state index contributed by atoms with van der Waals surface area (Å²) in [5.41, 5.74) is 1.07. The van der Waals surface area contributed by atoms with Gasteiger partial charge in [-0.25, -0.2) is 0 Å². The molecule has 2 rings (SSSR count). The molecule has 0 spiro atoms. The molecular weight excluding hydrogens is 332 g/mol. The average Bonchev–Trinajstić information content (AvgIpc) is 2.68. The van der Waals surface area contributed by atoms with Crippen LogP contribution in [0.1, 0.15) is 12.5 Å². The second kappa shape index (κ2) is 11.1. The van der Waals surface area contributed by atoms with E-state index in [1.54, 1.807) is 14.2 Å². The van der Waals surface area contributed by atoms with Crippen LogP contribution in [0, 0.1) is 0 Å². The molecule has 2 aromatic carbocycles. The van der Waals surface area contributed by atoms with Gasteiger partial charge in [0.15, 0.2) is 11.5 Å². The van der Waals surface area contributed by atoms with Crippen molar-refractivity contribution < 1.29 is 23.7 Å². The van der Waals surface area contributed by atoms with Gasteiger partial charge in [-0.2, -0.15) is 0 Å². The van der Waals surface area contributed by atoms with E-state index in [1.165, 1.54) is 0 Å². The van der Waals surface area contributed by atoms with Crippen molar-refractivity contribution in [3.63, 3.8) is 0 Å². The fraction of sp³-hybridized carbons (Fsp3) is 0.333. The molecule has 140 valence electrons. The Hall–Kier alpha value is -2.66. The van der Waals surface area contributed by atoms with Crippen LogP contribution >= 0.6 is 0 Å². The third-order valence-corrected chi connectivity index (χ3v) is 3.57. The van der Waals surface area contributed by atoms with Crippen molar-refractivity contribution in [2.75, 3.05) is 40.6 Å². The molecule has 0 unspecified atom stereocenters. The maximum Gasteiger partial charge on any atom is 0.161 e. The quantitative estimate of drug-likeness (QED) is 0.563. The number of hydrogen-bond acceptors (Lipinski definition) is 5. The minimum atomic E-state index is 0.443. The normalized spacial score (nSPS) is 10.7. The van der Waals surface area contributed by atoms with Gasteiger partial charge in [0.1, 0.15) is 24.7 Å². The highest BCUT2D eigenvalue weighted by molar-refractivity contribution is 5.55. The van der Waals surface area contributed by atoms with E-state index in [1.807, 2.05) is 61.5 Å². The van der Waals surface area contributed by atoms with Gasteiger partial charge in [-0.3, -0.25) is 0 Å². The van der Waals surface area contributed by atoms with E-state index in [0.29, 0.717) is 37.9 Å². The van der Waals surface area contributed by atoms with Gasteiger partial charge in [0.25, 0.3) is 0 Å². The van der Waals surface area contributed by atoms with E-state index < -0.39 is 0 Å². The van der Waals surface area contributed by atoms with Crippen LogP contribution in [0.15, 0.2) is 48.5 Å². The van der Waals surface area contributed by atoms with Crippen molar-refractivity contribution in [3.8, 4) is 23.0 Å². The summed E-state index contributed by atoms with van der Waals surface area (Å²) in [6.07, 6.45) is 3.99. The van der Waals surface area contributed by atoms with E-state index in [0.717, 1.165) is 17.1 Å². The molecule has 0 saturated carbocycles. The maximum absolute atomic E-state index is 5.72. The Bertz CT molecular complexity index is 697. The molecule has 0 atom stereocenters. The molecule has 0 radical (unpaired) electrons. The van der Waals surface area contributed by atoms with E-state index in [4.69, 9.17) is 23.7 Å². The van der Waals surface area contributed by atoms with Gasteiger partial charge >= 0.3 is 0 Å². The number of ether oxygens (including phenoxy) is 5. The third-order valence-electron chi connectivity index (χ3n) is 3.57. The third kappa shape index (κ3) is 6.33. The summed E-state index contributed by atoms with van der Waals surface area (Å²) in [4.78, 5) is 0. The molecule has 0 heterocycles. The summed E-state index contributed by atoms with van der Waals surface area (Å²) >= 11 is 0. The smallest absolute Gasteiger partial charge is 0.161 e. The predicted molar refractivity (Wildman–Crippen MR) is 103 cm³/mol. The maximum atomic E-state index is 5.72. The number of methoxy groups -OCH3 is 2. The second-order valence-corrected chi connectivity index (χ2v) is 5.40. The highest BCUT2D eigenvalue weighted by atomic mass is 16.6. The molecule has 0 bridgehead atoms. The van der Waals surface area contributed by atoms with Gasteiger partial charge in [-0.1, -0.05) is 24.3 Å². The Morgan fingerprint density at radius 2 is 1.54 bits per heavy atom. The van der Waals surface area contributed by atoms with Crippen LogP contribution in [0.2, 0.25) is 0 Å². The first-order chi connectivity index (χ1) is 12.8. The van der Waals surface area contributed by atoms with Crippen molar-refractivity contribution in [1.82, 2.24) is 0 Å². The van der Waals surface area contributed by atoms with Crippen LogP contribution in [0.3, 0.4) is 0 Å². The van der Waals surface area contributed by atoms with Crippen molar-refractivity contribution >= 4 is 6.08 Å². The molecule has 0 aliphatic carbocycles. The topological polar surface area (TPSA) is 46.2 Å². The largest absolute Gasteiger partial charge is 0.497 e. The first-order valence-electron chi connectivity index (χ1n) is 8.55. The lowest BCUT2D eigenvalue weighted by atomic mass is 10.2. The number of hydrogen-bond donors (Lipinski definition) is 0. The first-order valence-corrected chi connectivity index (χ1v) is 8.55. The molecule has 0 N–H and O–H groups in total. The molecule has 0 aromatic heterocycles. The van der Waals surface area contributed by atoms with E-state index in [9.17, 15) is 0 Å². The number of benzene rings is 2. The van der Waals surface area contributed by atoms with Crippen LogP contribution in [0.5, 0.6) is 23.0 Å².